The fraction of sp³-hybridized carbons (Fsp3) is 0. The molecule has 0 saturated heterocycles. The fourth-order valence-corrected chi connectivity index (χ4v) is 1.33. The largest absolute Gasteiger partial charge is 0.443 e. The van der Waals surface area contributed by atoms with Gasteiger partial charge in [0.25, 0.3) is 0 Å². The van der Waals surface area contributed by atoms with E-state index in [0.717, 1.165) is 5.39 Å². The Balaban J connectivity index is 2.70. The molecular formula is C7H5NO3S. The molecule has 2 heterocycles. The van der Waals surface area contributed by atoms with Gasteiger partial charge in [-0.05, 0) is 6.07 Å². The summed E-state index contributed by atoms with van der Waals surface area (Å²) in [5, 5.41) is 0.834. The zero-order valence-electron chi connectivity index (χ0n) is 5.93. The van der Waals surface area contributed by atoms with E-state index in [4.69, 9.17) is 8.97 Å². The van der Waals surface area contributed by atoms with Crippen LogP contribution in [-0.4, -0.2) is 13.7 Å². The summed E-state index contributed by atoms with van der Waals surface area (Å²) < 4.78 is 24.3. The third-order valence-electron chi connectivity index (χ3n) is 1.47. The minimum Gasteiger partial charge on any atom is -0.443 e. The van der Waals surface area contributed by atoms with Crippen LogP contribution in [-0.2, 0) is 11.1 Å². The van der Waals surface area contributed by atoms with Gasteiger partial charge in [-0.3, -0.25) is 9.54 Å². The maximum Gasteiger partial charge on any atom is 0.223 e. The van der Waals surface area contributed by atoms with Gasteiger partial charge < -0.3 is 4.42 Å². The van der Waals surface area contributed by atoms with Crippen molar-refractivity contribution in [3.05, 3.63) is 24.5 Å². The first-order chi connectivity index (χ1) is 5.77. The van der Waals surface area contributed by atoms with E-state index in [-0.39, 0.29) is 5.09 Å². The molecule has 0 spiro atoms. The highest BCUT2D eigenvalue weighted by Crippen LogP contribution is 2.19. The molecule has 62 valence electrons. The van der Waals surface area contributed by atoms with Crippen LogP contribution >= 0.6 is 0 Å². The van der Waals surface area contributed by atoms with Gasteiger partial charge in [0.05, 0.1) is 6.20 Å². The van der Waals surface area contributed by atoms with Gasteiger partial charge in [-0.25, -0.2) is 4.21 Å². The standard InChI is InChI=1S/C7H5NO3S/c9-12(10)7-3-5-1-2-8-4-6(5)11-7/h1-4H,(H,9,10). The van der Waals surface area contributed by atoms with Crippen molar-refractivity contribution in [1.29, 1.82) is 0 Å². The minimum absolute atomic E-state index is 0.0537. The van der Waals surface area contributed by atoms with E-state index in [1.165, 1.54) is 12.3 Å². The van der Waals surface area contributed by atoms with Crippen LogP contribution < -0.4 is 0 Å². The van der Waals surface area contributed by atoms with Crippen LogP contribution in [0.25, 0.3) is 11.0 Å². The van der Waals surface area contributed by atoms with Crippen LogP contribution in [0.3, 0.4) is 0 Å². The Morgan fingerprint density at radius 2 is 2.42 bits per heavy atom. The maximum absolute atomic E-state index is 10.6. The van der Waals surface area contributed by atoms with E-state index in [9.17, 15) is 4.21 Å². The molecule has 0 aliphatic carbocycles. The summed E-state index contributed by atoms with van der Waals surface area (Å²) in [5.74, 6) is 0. The summed E-state index contributed by atoms with van der Waals surface area (Å²) in [4.78, 5) is 3.81. The zero-order valence-corrected chi connectivity index (χ0v) is 6.75. The second-order valence-corrected chi connectivity index (χ2v) is 3.13. The molecule has 2 rings (SSSR count). The molecule has 0 aliphatic heterocycles. The van der Waals surface area contributed by atoms with Crippen LogP contribution in [0.4, 0.5) is 0 Å². The molecule has 4 nitrogen and oxygen atoms in total. The average Bonchev–Trinajstić information content (AvgIpc) is 2.46. The van der Waals surface area contributed by atoms with Crippen molar-refractivity contribution >= 4 is 22.0 Å². The SMILES string of the molecule is O=S(O)c1cc2ccncc2o1. The molecule has 0 aliphatic rings. The number of rotatable bonds is 1. The molecule has 2 aromatic heterocycles. The van der Waals surface area contributed by atoms with E-state index in [1.54, 1.807) is 12.3 Å². The van der Waals surface area contributed by atoms with E-state index >= 15 is 0 Å². The van der Waals surface area contributed by atoms with Crippen LogP contribution in [0, 0.1) is 0 Å². The van der Waals surface area contributed by atoms with Crippen molar-refractivity contribution in [2.75, 3.05) is 0 Å². The molecule has 0 bridgehead atoms. The first-order valence-corrected chi connectivity index (χ1v) is 4.32. The maximum atomic E-state index is 10.6. The second kappa shape index (κ2) is 2.69. The number of nitrogens with zero attached hydrogens (tertiary/aromatic N) is 1. The normalized spacial score (nSPS) is 13.4. The summed E-state index contributed by atoms with van der Waals surface area (Å²) >= 11 is -2.06. The highest BCUT2D eigenvalue weighted by Gasteiger charge is 2.06. The van der Waals surface area contributed by atoms with E-state index in [0.29, 0.717) is 5.58 Å². The summed E-state index contributed by atoms with van der Waals surface area (Å²) in [6.07, 6.45) is 3.10. The topological polar surface area (TPSA) is 63.3 Å². The summed E-state index contributed by atoms with van der Waals surface area (Å²) in [6, 6.07) is 3.24. The highest BCUT2D eigenvalue weighted by atomic mass is 32.2. The van der Waals surface area contributed by atoms with Gasteiger partial charge in [-0.2, -0.15) is 0 Å². The average molecular weight is 183 g/mol. The lowest BCUT2D eigenvalue weighted by Gasteiger charge is -1.83. The van der Waals surface area contributed by atoms with Crippen molar-refractivity contribution in [3.8, 4) is 0 Å². The van der Waals surface area contributed by atoms with Crippen LogP contribution in [0.2, 0.25) is 0 Å². The number of furan rings is 1. The Hall–Kier alpha value is -1.20. The molecular weight excluding hydrogens is 178 g/mol. The lowest BCUT2D eigenvalue weighted by molar-refractivity contribution is 0.469. The Bertz CT molecular complexity index is 404. The molecule has 12 heavy (non-hydrogen) atoms. The predicted molar refractivity (Wildman–Crippen MR) is 43.0 cm³/mol. The lowest BCUT2D eigenvalue weighted by atomic mass is 10.3. The van der Waals surface area contributed by atoms with Crippen LogP contribution in [0.15, 0.2) is 34.0 Å². The van der Waals surface area contributed by atoms with E-state index < -0.39 is 11.1 Å². The Morgan fingerprint density at radius 3 is 3.08 bits per heavy atom. The predicted octanol–water partition coefficient (Wildman–Crippen LogP) is 1.41. The Labute approximate surface area is 70.5 Å². The van der Waals surface area contributed by atoms with Crippen molar-refractivity contribution in [2.45, 2.75) is 5.09 Å². The second-order valence-electron chi connectivity index (χ2n) is 2.23. The summed E-state index contributed by atoms with van der Waals surface area (Å²) in [7, 11) is 0. The fourth-order valence-electron chi connectivity index (χ4n) is 0.946. The van der Waals surface area contributed by atoms with Gasteiger partial charge >= 0.3 is 0 Å². The molecule has 0 amide bonds. The Morgan fingerprint density at radius 1 is 1.58 bits per heavy atom. The summed E-state index contributed by atoms with van der Waals surface area (Å²) in [6.45, 7) is 0. The third-order valence-corrected chi connectivity index (χ3v) is 2.02. The Kier molecular flexibility index (Phi) is 1.67. The van der Waals surface area contributed by atoms with Crippen LogP contribution in [0.5, 0.6) is 0 Å². The molecule has 2 aromatic rings. The molecule has 0 saturated carbocycles. The minimum atomic E-state index is -2.06. The number of fused-ring (bicyclic) bond motifs is 1. The zero-order chi connectivity index (χ0) is 8.55. The van der Waals surface area contributed by atoms with E-state index in [1.807, 2.05) is 0 Å². The van der Waals surface area contributed by atoms with Crippen molar-refractivity contribution < 1.29 is 13.2 Å². The van der Waals surface area contributed by atoms with Gasteiger partial charge in [0, 0.05) is 17.6 Å². The molecule has 0 aromatic carbocycles. The van der Waals surface area contributed by atoms with E-state index in [2.05, 4.69) is 4.98 Å². The third kappa shape index (κ3) is 1.13. The molecule has 1 N–H and O–H groups in total. The lowest BCUT2D eigenvalue weighted by Crippen LogP contribution is -1.81. The van der Waals surface area contributed by atoms with Crippen LogP contribution in [0.1, 0.15) is 0 Å². The molecule has 1 unspecified atom stereocenters. The molecule has 0 radical (unpaired) electrons. The molecule has 5 heteroatoms. The first kappa shape index (κ1) is 7.45. The quantitative estimate of drug-likeness (QED) is 0.679. The molecule has 0 fully saturated rings. The van der Waals surface area contributed by atoms with Crippen molar-refractivity contribution in [2.24, 2.45) is 0 Å². The number of aromatic nitrogens is 1. The van der Waals surface area contributed by atoms with Crippen molar-refractivity contribution in [3.63, 3.8) is 0 Å². The molecule has 1 atom stereocenters. The number of hydrogen-bond donors (Lipinski definition) is 1. The van der Waals surface area contributed by atoms with Crippen molar-refractivity contribution in [1.82, 2.24) is 4.98 Å². The van der Waals surface area contributed by atoms with Gasteiger partial charge in [0.15, 0.2) is 5.58 Å². The van der Waals surface area contributed by atoms with Gasteiger partial charge in [-0.1, -0.05) is 0 Å². The first-order valence-electron chi connectivity index (χ1n) is 3.22. The van der Waals surface area contributed by atoms with Gasteiger partial charge in [-0.15, -0.1) is 0 Å². The number of pyridine rings is 1. The monoisotopic (exact) mass is 183 g/mol. The van der Waals surface area contributed by atoms with Gasteiger partial charge in [0.2, 0.25) is 16.2 Å². The smallest absolute Gasteiger partial charge is 0.223 e. The van der Waals surface area contributed by atoms with Gasteiger partial charge in [0.1, 0.15) is 0 Å². The number of hydrogen-bond acceptors (Lipinski definition) is 3. The summed E-state index contributed by atoms with van der Waals surface area (Å²) in [5.41, 5.74) is 0.523. The highest BCUT2D eigenvalue weighted by molar-refractivity contribution is 7.79.